The Hall–Kier alpha value is -1.51. The summed E-state index contributed by atoms with van der Waals surface area (Å²) in [6, 6.07) is 3.40. The number of rotatable bonds is 3. The van der Waals surface area contributed by atoms with Crippen LogP contribution in [0.5, 0.6) is 0 Å². The summed E-state index contributed by atoms with van der Waals surface area (Å²) in [6.45, 7) is 4.19. The van der Waals surface area contributed by atoms with Crippen molar-refractivity contribution in [2.45, 2.75) is 38.4 Å². The van der Waals surface area contributed by atoms with E-state index in [0.717, 1.165) is 12.1 Å². The summed E-state index contributed by atoms with van der Waals surface area (Å²) in [7, 11) is 0. The van der Waals surface area contributed by atoms with Gasteiger partial charge in [-0.25, -0.2) is 8.78 Å². The third-order valence-electron chi connectivity index (χ3n) is 3.08. The van der Waals surface area contributed by atoms with Gasteiger partial charge in [0, 0.05) is 6.42 Å². The molecule has 0 aliphatic carbocycles. The Labute approximate surface area is 104 Å². The van der Waals surface area contributed by atoms with Gasteiger partial charge in [-0.3, -0.25) is 0 Å². The molecule has 0 aromatic heterocycles. The maximum Gasteiger partial charge on any atom is 0.144 e. The highest BCUT2D eigenvalue weighted by Crippen LogP contribution is 2.27. The second kappa shape index (κ2) is 4.63. The first kappa shape index (κ1) is 14.6. The highest BCUT2D eigenvalue weighted by atomic mass is 19.1. The number of benzene rings is 1. The molecule has 1 atom stereocenters. The van der Waals surface area contributed by atoms with E-state index in [2.05, 4.69) is 0 Å². The summed E-state index contributed by atoms with van der Waals surface area (Å²) < 4.78 is 26.8. The van der Waals surface area contributed by atoms with Gasteiger partial charge >= 0.3 is 0 Å². The van der Waals surface area contributed by atoms with Gasteiger partial charge in [-0.05, 0) is 38.5 Å². The molecule has 0 spiro atoms. The molecule has 18 heavy (non-hydrogen) atoms. The van der Waals surface area contributed by atoms with Gasteiger partial charge in [0.1, 0.15) is 23.3 Å². The third kappa shape index (κ3) is 2.84. The minimum atomic E-state index is -1.54. The summed E-state index contributed by atoms with van der Waals surface area (Å²) in [5, 5.41) is 28.3. The third-order valence-corrected chi connectivity index (χ3v) is 3.08. The molecule has 0 amide bonds. The lowest BCUT2D eigenvalue weighted by atomic mass is 9.82. The Morgan fingerprint density at radius 1 is 1.17 bits per heavy atom. The molecule has 0 aliphatic rings. The highest BCUT2D eigenvalue weighted by Gasteiger charge is 2.37. The van der Waals surface area contributed by atoms with Crippen LogP contribution in [0, 0.1) is 23.0 Å². The van der Waals surface area contributed by atoms with Crippen LogP contribution in [-0.2, 0) is 6.42 Å². The van der Waals surface area contributed by atoms with Crippen molar-refractivity contribution in [1.82, 2.24) is 0 Å². The zero-order valence-electron chi connectivity index (χ0n) is 10.5. The molecule has 2 N–H and O–H groups in total. The molecule has 0 aliphatic heterocycles. The number of hydrogen-bond acceptors (Lipinski definition) is 3. The molecule has 1 aromatic carbocycles. The van der Waals surface area contributed by atoms with E-state index in [-0.39, 0.29) is 12.0 Å². The quantitative estimate of drug-likeness (QED) is 0.867. The van der Waals surface area contributed by atoms with E-state index in [1.54, 1.807) is 0 Å². The fraction of sp³-hybridized carbons (Fsp3) is 0.462. The van der Waals surface area contributed by atoms with Crippen molar-refractivity contribution >= 4 is 0 Å². The molecule has 0 heterocycles. The van der Waals surface area contributed by atoms with Gasteiger partial charge in [0.2, 0.25) is 0 Å². The molecule has 0 saturated heterocycles. The lowest BCUT2D eigenvalue weighted by Gasteiger charge is -2.35. The maximum atomic E-state index is 13.4. The topological polar surface area (TPSA) is 64.2 Å². The fourth-order valence-electron chi connectivity index (χ4n) is 1.45. The Balaban J connectivity index is 3.12. The van der Waals surface area contributed by atoms with E-state index in [4.69, 9.17) is 5.26 Å². The van der Waals surface area contributed by atoms with Crippen LogP contribution in [0.25, 0.3) is 0 Å². The van der Waals surface area contributed by atoms with Crippen LogP contribution in [0.3, 0.4) is 0 Å². The molecular formula is C13H15F2NO2. The standard InChI is InChI=1S/C13H15F2NO2/c1-12(2,17)13(3,18)6-8-4-10(14)9(7-16)11(15)5-8/h4-5,17-18H,6H2,1-3H3. The molecule has 1 rings (SSSR count). The van der Waals surface area contributed by atoms with Gasteiger partial charge in [-0.15, -0.1) is 0 Å². The zero-order valence-corrected chi connectivity index (χ0v) is 10.5. The van der Waals surface area contributed by atoms with Gasteiger partial charge in [-0.2, -0.15) is 5.26 Å². The van der Waals surface area contributed by atoms with E-state index >= 15 is 0 Å². The Morgan fingerprint density at radius 2 is 1.61 bits per heavy atom. The van der Waals surface area contributed by atoms with E-state index in [1.807, 2.05) is 0 Å². The van der Waals surface area contributed by atoms with Gasteiger partial charge in [0.05, 0.1) is 11.2 Å². The Morgan fingerprint density at radius 3 is 1.94 bits per heavy atom. The molecule has 3 nitrogen and oxygen atoms in total. The maximum absolute atomic E-state index is 13.4. The molecule has 1 aromatic rings. The van der Waals surface area contributed by atoms with Crippen molar-refractivity contribution in [3.05, 3.63) is 34.9 Å². The number of halogens is 2. The lowest BCUT2D eigenvalue weighted by Crippen LogP contribution is -2.49. The predicted octanol–water partition coefficient (Wildman–Crippen LogP) is 1.90. The molecule has 0 radical (unpaired) electrons. The number of hydrogen-bond donors (Lipinski definition) is 2. The minimum Gasteiger partial charge on any atom is -0.387 e. The van der Waals surface area contributed by atoms with Gasteiger partial charge in [0.15, 0.2) is 0 Å². The van der Waals surface area contributed by atoms with E-state index in [0.29, 0.717) is 0 Å². The summed E-state index contributed by atoms with van der Waals surface area (Å²) in [5.41, 5.74) is -3.44. The minimum absolute atomic E-state index is 0.129. The van der Waals surface area contributed by atoms with Crippen molar-refractivity contribution < 1.29 is 19.0 Å². The van der Waals surface area contributed by atoms with Crippen molar-refractivity contribution in [2.24, 2.45) is 0 Å². The molecule has 5 heteroatoms. The van der Waals surface area contributed by atoms with Gasteiger partial charge < -0.3 is 10.2 Å². The summed E-state index contributed by atoms with van der Waals surface area (Å²) in [6.07, 6.45) is -0.129. The average Bonchev–Trinajstić information content (AvgIpc) is 2.14. The van der Waals surface area contributed by atoms with Crippen LogP contribution in [0.4, 0.5) is 8.78 Å². The Bertz CT molecular complexity index is 476. The fourth-order valence-corrected chi connectivity index (χ4v) is 1.45. The molecular weight excluding hydrogens is 240 g/mol. The smallest absolute Gasteiger partial charge is 0.144 e. The molecule has 1 unspecified atom stereocenters. The highest BCUT2D eigenvalue weighted by molar-refractivity contribution is 5.35. The Kier molecular flexibility index (Phi) is 3.75. The summed E-state index contributed by atoms with van der Waals surface area (Å²) in [4.78, 5) is 0. The van der Waals surface area contributed by atoms with Crippen LogP contribution in [0.1, 0.15) is 31.9 Å². The van der Waals surface area contributed by atoms with Crippen LogP contribution < -0.4 is 0 Å². The van der Waals surface area contributed by atoms with Gasteiger partial charge in [0.25, 0.3) is 0 Å². The van der Waals surface area contributed by atoms with Crippen molar-refractivity contribution in [1.29, 1.82) is 5.26 Å². The van der Waals surface area contributed by atoms with E-state index < -0.39 is 28.4 Å². The van der Waals surface area contributed by atoms with Crippen molar-refractivity contribution in [3.63, 3.8) is 0 Å². The molecule has 98 valence electrons. The van der Waals surface area contributed by atoms with E-state index in [1.165, 1.54) is 26.8 Å². The molecule has 0 saturated carbocycles. The summed E-state index contributed by atoms with van der Waals surface area (Å²) in [5.74, 6) is -1.95. The van der Waals surface area contributed by atoms with Crippen LogP contribution >= 0.6 is 0 Å². The second-order valence-corrected chi connectivity index (χ2v) is 5.06. The van der Waals surface area contributed by atoms with Crippen molar-refractivity contribution in [2.75, 3.05) is 0 Å². The first-order valence-electron chi connectivity index (χ1n) is 5.41. The zero-order chi connectivity index (χ0) is 14.1. The van der Waals surface area contributed by atoms with Gasteiger partial charge in [-0.1, -0.05) is 0 Å². The van der Waals surface area contributed by atoms with E-state index in [9.17, 15) is 19.0 Å². The van der Waals surface area contributed by atoms with Crippen LogP contribution in [-0.4, -0.2) is 21.4 Å². The average molecular weight is 255 g/mol. The van der Waals surface area contributed by atoms with Crippen molar-refractivity contribution in [3.8, 4) is 6.07 Å². The number of nitrogens with zero attached hydrogens (tertiary/aromatic N) is 1. The van der Waals surface area contributed by atoms with Crippen LogP contribution in [0.15, 0.2) is 12.1 Å². The largest absolute Gasteiger partial charge is 0.387 e. The second-order valence-electron chi connectivity index (χ2n) is 5.06. The first-order chi connectivity index (χ1) is 8.08. The monoisotopic (exact) mass is 255 g/mol. The number of aliphatic hydroxyl groups is 2. The molecule has 0 bridgehead atoms. The van der Waals surface area contributed by atoms with Crippen LogP contribution in [0.2, 0.25) is 0 Å². The lowest BCUT2D eigenvalue weighted by molar-refractivity contribution is -0.118. The number of nitriles is 1. The molecule has 0 fully saturated rings. The summed E-state index contributed by atoms with van der Waals surface area (Å²) >= 11 is 0. The SMILES string of the molecule is CC(C)(O)C(C)(O)Cc1cc(F)c(C#N)c(F)c1. The normalized spacial score (nSPS) is 15.0. The first-order valence-corrected chi connectivity index (χ1v) is 5.41. The predicted molar refractivity (Wildman–Crippen MR) is 61.7 cm³/mol.